The Morgan fingerprint density at radius 3 is 2.39 bits per heavy atom. The van der Waals surface area contributed by atoms with Crippen molar-refractivity contribution >= 4 is 5.91 Å². The number of hydrogen-bond acceptors (Lipinski definition) is 5. The molecule has 144 valence electrons. The molecule has 2 aromatic carbocycles. The van der Waals surface area contributed by atoms with Crippen molar-refractivity contribution in [3.63, 3.8) is 0 Å². The van der Waals surface area contributed by atoms with Crippen molar-refractivity contribution in [2.45, 2.75) is 13.3 Å². The van der Waals surface area contributed by atoms with Gasteiger partial charge in [0.2, 0.25) is 5.88 Å². The van der Waals surface area contributed by atoms with E-state index in [9.17, 15) is 4.79 Å². The lowest BCUT2D eigenvalue weighted by Crippen LogP contribution is -2.32. The largest absolute Gasteiger partial charge is 0.484 e. The molecule has 0 atom stereocenters. The molecular weight excluding hydrogens is 354 g/mol. The molecule has 0 saturated heterocycles. The van der Waals surface area contributed by atoms with Gasteiger partial charge < -0.3 is 14.8 Å². The van der Waals surface area contributed by atoms with Crippen LogP contribution in [0.2, 0.25) is 0 Å². The number of benzene rings is 2. The summed E-state index contributed by atoms with van der Waals surface area (Å²) < 4.78 is 11.0. The van der Waals surface area contributed by atoms with E-state index in [1.165, 1.54) is 5.56 Å². The lowest BCUT2D eigenvalue weighted by molar-refractivity contribution is -0.123. The fraction of sp³-hybridized carbons (Fsp3) is 0.227. The van der Waals surface area contributed by atoms with Crippen LogP contribution >= 0.6 is 0 Å². The van der Waals surface area contributed by atoms with E-state index in [-0.39, 0.29) is 12.5 Å². The van der Waals surface area contributed by atoms with Gasteiger partial charge >= 0.3 is 0 Å². The number of nitrogens with zero attached hydrogens (tertiary/aromatic N) is 2. The molecule has 1 aromatic heterocycles. The van der Waals surface area contributed by atoms with E-state index in [4.69, 9.17) is 9.47 Å². The maximum absolute atomic E-state index is 11.8. The monoisotopic (exact) mass is 377 g/mol. The highest BCUT2D eigenvalue weighted by Gasteiger charge is 2.04. The molecule has 0 aliphatic carbocycles. The van der Waals surface area contributed by atoms with E-state index in [2.05, 4.69) is 22.4 Å². The van der Waals surface area contributed by atoms with E-state index >= 15 is 0 Å². The van der Waals surface area contributed by atoms with Crippen molar-refractivity contribution < 1.29 is 14.3 Å². The Balaban J connectivity index is 1.35. The summed E-state index contributed by atoms with van der Waals surface area (Å²) in [6.07, 6.45) is 0.972. The Labute approximate surface area is 164 Å². The average Bonchev–Trinajstić information content (AvgIpc) is 2.76. The van der Waals surface area contributed by atoms with Crippen LogP contribution in [0.25, 0.3) is 11.3 Å². The molecule has 0 aliphatic rings. The van der Waals surface area contributed by atoms with E-state index in [1.54, 1.807) is 6.07 Å². The van der Waals surface area contributed by atoms with Crippen LogP contribution in [0.1, 0.15) is 12.5 Å². The molecular formula is C22H23N3O3. The molecule has 0 spiro atoms. The number of nitrogens with one attached hydrogen (secondary N) is 1. The molecule has 1 N–H and O–H groups in total. The third kappa shape index (κ3) is 5.81. The molecule has 28 heavy (non-hydrogen) atoms. The SMILES string of the molecule is CCc1ccc(OCC(=O)NCCOc2ccc(-c3ccccc3)nn2)cc1. The van der Waals surface area contributed by atoms with Crippen molar-refractivity contribution in [3.05, 3.63) is 72.3 Å². The zero-order chi connectivity index (χ0) is 19.6. The van der Waals surface area contributed by atoms with Gasteiger partial charge in [-0.3, -0.25) is 4.79 Å². The second kappa shape index (κ2) is 10.1. The lowest BCUT2D eigenvalue weighted by atomic mass is 10.1. The molecule has 0 radical (unpaired) electrons. The predicted molar refractivity (Wildman–Crippen MR) is 107 cm³/mol. The number of ether oxygens (including phenoxy) is 2. The summed E-state index contributed by atoms with van der Waals surface area (Å²) in [5, 5.41) is 11.0. The third-order valence-corrected chi connectivity index (χ3v) is 4.09. The maximum Gasteiger partial charge on any atom is 0.258 e. The van der Waals surface area contributed by atoms with Crippen LogP contribution in [0.4, 0.5) is 0 Å². The van der Waals surface area contributed by atoms with Crippen molar-refractivity contribution in [3.8, 4) is 22.9 Å². The molecule has 0 fully saturated rings. The van der Waals surface area contributed by atoms with Crippen LogP contribution in [0.15, 0.2) is 66.7 Å². The summed E-state index contributed by atoms with van der Waals surface area (Å²) in [6, 6.07) is 21.1. The highest BCUT2D eigenvalue weighted by Crippen LogP contribution is 2.17. The van der Waals surface area contributed by atoms with Crippen LogP contribution in [0, 0.1) is 0 Å². The first-order chi connectivity index (χ1) is 13.7. The molecule has 0 bridgehead atoms. The van der Waals surface area contributed by atoms with E-state index in [0.717, 1.165) is 17.7 Å². The highest BCUT2D eigenvalue weighted by molar-refractivity contribution is 5.77. The van der Waals surface area contributed by atoms with Gasteiger partial charge in [-0.25, -0.2) is 0 Å². The van der Waals surface area contributed by atoms with Gasteiger partial charge in [-0.15, -0.1) is 10.2 Å². The standard InChI is InChI=1S/C22H23N3O3/c1-2-17-8-10-19(11-9-17)28-16-21(26)23-14-15-27-22-13-12-20(24-25-22)18-6-4-3-5-7-18/h3-13H,2,14-16H2,1H3,(H,23,26). The van der Waals surface area contributed by atoms with Crippen molar-refractivity contribution in [2.75, 3.05) is 19.8 Å². The van der Waals surface area contributed by atoms with Gasteiger partial charge in [-0.2, -0.15) is 0 Å². The lowest BCUT2D eigenvalue weighted by Gasteiger charge is -2.09. The topological polar surface area (TPSA) is 73.3 Å². The van der Waals surface area contributed by atoms with Gasteiger partial charge in [0, 0.05) is 11.6 Å². The van der Waals surface area contributed by atoms with Gasteiger partial charge in [0.25, 0.3) is 5.91 Å². The number of amides is 1. The number of carbonyl (C=O) groups excluding carboxylic acids is 1. The predicted octanol–water partition coefficient (Wildman–Crippen LogP) is 3.28. The van der Waals surface area contributed by atoms with Gasteiger partial charge in [0.1, 0.15) is 12.4 Å². The summed E-state index contributed by atoms with van der Waals surface area (Å²) in [7, 11) is 0. The molecule has 0 unspecified atom stereocenters. The van der Waals surface area contributed by atoms with E-state index in [1.807, 2.05) is 60.7 Å². The van der Waals surface area contributed by atoms with Crippen LogP contribution < -0.4 is 14.8 Å². The minimum atomic E-state index is -0.200. The first-order valence-electron chi connectivity index (χ1n) is 9.25. The number of hydrogen-bond donors (Lipinski definition) is 1. The Bertz CT molecular complexity index is 866. The van der Waals surface area contributed by atoms with Gasteiger partial charge in [0.15, 0.2) is 6.61 Å². The second-order valence-corrected chi connectivity index (χ2v) is 6.11. The van der Waals surface area contributed by atoms with Crippen LogP contribution in [0.3, 0.4) is 0 Å². The average molecular weight is 377 g/mol. The normalized spacial score (nSPS) is 10.3. The van der Waals surface area contributed by atoms with Gasteiger partial charge in [0.05, 0.1) is 12.2 Å². The van der Waals surface area contributed by atoms with Crippen molar-refractivity contribution in [2.24, 2.45) is 0 Å². The molecule has 6 nitrogen and oxygen atoms in total. The summed E-state index contributed by atoms with van der Waals surface area (Å²) in [4.78, 5) is 11.8. The third-order valence-electron chi connectivity index (χ3n) is 4.09. The number of carbonyl (C=O) groups is 1. The van der Waals surface area contributed by atoms with Crippen LogP contribution in [-0.4, -0.2) is 35.9 Å². The summed E-state index contributed by atoms with van der Waals surface area (Å²) in [6.45, 7) is 2.72. The number of rotatable bonds is 9. The van der Waals surface area contributed by atoms with E-state index in [0.29, 0.717) is 24.8 Å². The fourth-order valence-corrected chi connectivity index (χ4v) is 2.53. The van der Waals surface area contributed by atoms with Crippen LogP contribution in [0.5, 0.6) is 11.6 Å². The zero-order valence-corrected chi connectivity index (χ0v) is 15.8. The molecule has 6 heteroatoms. The second-order valence-electron chi connectivity index (χ2n) is 6.11. The minimum absolute atomic E-state index is 0.0307. The Morgan fingerprint density at radius 2 is 1.71 bits per heavy atom. The van der Waals surface area contributed by atoms with Crippen molar-refractivity contribution in [1.82, 2.24) is 15.5 Å². The maximum atomic E-state index is 11.8. The fourth-order valence-electron chi connectivity index (χ4n) is 2.53. The molecule has 1 amide bonds. The van der Waals surface area contributed by atoms with Gasteiger partial charge in [-0.05, 0) is 30.2 Å². The smallest absolute Gasteiger partial charge is 0.258 e. The number of aromatic nitrogens is 2. The molecule has 1 heterocycles. The minimum Gasteiger partial charge on any atom is -0.484 e. The molecule has 3 aromatic rings. The summed E-state index contributed by atoms with van der Waals surface area (Å²) in [5.41, 5.74) is 3.01. The quantitative estimate of drug-likeness (QED) is 0.579. The van der Waals surface area contributed by atoms with Gasteiger partial charge in [-0.1, -0.05) is 49.4 Å². The Kier molecular flexibility index (Phi) is 6.95. The molecule has 0 saturated carbocycles. The molecule has 0 aliphatic heterocycles. The summed E-state index contributed by atoms with van der Waals surface area (Å²) >= 11 is 0. The molecule has 3 rings (SSSR count). The Hall–Kier alpha value is -3.41. The Morgan fingerprint density at radius 1 is 0.929 bits per heavy atom. The van der Waals surface area contributed by atoms with E-state index < -0.39 is 0 Å². The summed E-state index contributed by atoms with van der Waals surface area (Å²) in [5.74, 6) is 0.896. The first kappa shape index (κ1) is 19.4. The first-order valence-corrected chi connectivity index (χ1v) is 9.25. The zero-order valence-electron chi connectivity index (χ0n) is 15.8. The highest BCUT2D eigenvalue weighted by atomic mass is 16.5. The number of aryl methyl sites for hydroxylation is 1. The van der Waals surface area contributed by atoms with Crippen LogP contribution in [-0.2, 0) is 11.2 Å². The van der Waals surface area contributed by atoms with Crippen molar-refractivity contribution in [1.29, 1.82) is 0 Å².